The van der Waals surface area contributed by atoms with E-state index in [1.54, 1.807) is 31.3 Å². The largest absolute Gasteiger partial charge is 0.482 e. The van der Waals surface area contributed by atoms with Crippen molar-refractivity contribution < 1.29 is 18.4 Å². The molecule has 3 heterocycles. The van der Waals surface area contributed by atoms with Crippen LogP contribution in [0.3, 0.4) is 0 Å². The van der Waals surface area contributed by atoms with Gasteiger partial charge in [-0.3, -0.25) is 15.1 Å². The van der Waals surface area contributed by atoms with Gasteiger partial charge in [-0.2, -0.15) is 0 Å². The van der Waals surface area contributed by atoms with Crippen LogP contribution in [0.1, 0.15) is 11.5 Å². The molecule has 118 valence electrons. The standard InChI is InChI=1S/C15H14N4O4/c1-9-6-12(10(2)22-9)14-18-19-15(23-14)17-13(20)8-21-11-4-3-5-16-7-11/h3-7H,8H2,1-2H3,(H,17,19,20). The zero-order valence-corrected chi connectivity index (χ0v) is 12.6. The third-order valence-corrected chi connectivity index (χ3v) is 2.95. The van der Waals surface area contributed by atoms with E-state index < -0.39 is 5.91 Å². The van der Waals surface area contributed by atoms with Crippen molar-refractivity contribution in [1.82, 2.24) is 15.2 Å². The lowest BCUT2D eigenvalue weighted by Crippen LogP contribution is -2.20. The summed E-state index contributed by atoms with van der Waals surface area (Å²) in [6, 6.07) is 5.21. The highest BCUT2D eigenvalue weighted by molar-refractivity contribution is 5.89. The second kappa shape index (κ2) is 6.30. The summed E-state index contributed by atoms with van der Waals surface area (Å²) in [6.07, 6.45) is 3.13. The molecule has 1 amide bonds. The predicted molar refractivity (Wildman–Crippen MR) is 79.8 cm³/mol. The Morgan fingerprint density at radius 2 is 2.17 bits per heavy atom. The van der Waals surface area contributed by atoms with E-state index in [0.717, 1.165) is 5.76 Å². The maximum absolute atomic E-state index is 11.8. The molecule has 3 aromatic rings. The molecule has 0 fully saturated rings. The molecule has 0 aliphatic rings. The summed E-state index contributed by atoms with van der Waals surface area (Å²) < 4.78 is 16.1. The fraction of sp³-hybridized carbons (Fsp3) is 0.200. The smallest absolute Gasteiger partial charge is 0.322 e. The molecule has 0 bridgehead atoms. The van der Waals surface area contributed by atoms with E-state index in [4.69, 9.17) is 13.6 Å². The highest BCUT2D eigenvalue weighted by atomic mass is 16.5. The Hall–Kier alpha value is -3.16. The van der Waals surface area contributed by atoms with Crippen LogP contribution in [0.5, 0.6) is 5.75 Å². The van der Waals surface area contributed by atoms with Crippen molar-refractivity contribution in [2.75, 3.05) is 11.9 Å². The Bertz CT molecular complexity index is 810. The minimum atomic E-state index is -0.413. The third-order valence-electron chi connectivity index (χ3n) is 2.95. The van der Waals surface area contributed by atoms with E-state index in [1.165, 1.54) is 6.20 Å². The van der Waals surface area contributed by atoms with Crippen LogP contribution in [0.2, 0.25) is 0 Å². The summed E-state index contributed by atoms with van der Waals surface area (Å²) in [5.41, 5.74) is 0.696. The van der Waals surface area contributed by atoms with Gasteiger partial charge in [-0.15, -0.1) is 5.10 Å². The molecule has 0 saturated heterocycles. The van der Waals surface area contributed by atoms with E-state index in [2.05, 4.69) is 20.5 Å². The minimum absolute atomic E-state index is 0.00182. The molecular formula is C15H14N4O4. The number of carbonyl (C=O) groups is 1. The Morgan fingerprint density at radius 3 is 2.87 bits per heavy atom. The number of anilines is 1. The summed E-state index contributed by atoms with van der Waals surface area (Å²) in [6.45, 7) is 3.44. The normalized spacial score (nSPS) is 10.5. The summed E-state index contributed by atoms with van der Waals surface area (Å²) in [5.74, 6) is 1.78. The molecule has 0 radical (unpaired) electrons. The summed E-state index contributed by atoms with van der Waals surface area (Å²) in [4.78, 5) is 15.7. The Morgan fingerprint density at radius 1 is 1.30 bits per heavy atom. The third kappa shape index (κ3) is 3.54. The lowest BCUT2D eigenvalue weighted by atomic mass is 10.2. The van der Waals surface area contributed by atoms with Crippen molar-refractivity contribution in [2.24, 2.45) is 0 Å². The average molecular weight is 314 g/mol. The number of carbonyl (C=O) groups excluding carboxylic acids is 1. The van der Waals surface area contributed by atoms with E-state index in [1.807, 2.05) is 6.92 Å². The number of hydrogen-bond donors (Lipinski definition) is 1. The van der Waals surface area contributed by atoms with Gasteiger partial charge in [0.25, 0.3) is 11.8 Å². The van der Waals surface area contributed by atoms with Crippen LogP contribution in [-0.2, 0) is 4.79 Å². The first-order chi connectivity index (χ1) is 11.1. The zero-order valence-electron chi connectivity index (χ0n) is 12.6. The van der Waals surface area contributed by atoms with Crippen LogP contribution in [0.15, 0.2) is 39.4 Å². The maximum atomic E-state index is 11.8. The molecule has 0 spiro atoms. The monoisotopic (exact) mass is 314 g/mol. The maximum Gasteiger partial charge on any atom is 0.322 e. The number of amides is 1. The topological polar surface area (TPSA) is 103 Å². The van der Waals surface area contributed by atoms with Crippen molar-refractivity contribution in [3.8, 4) is 17.2 Å². The highest BCUT2D eigenvalue weighted by Crippen LogP contribution is 2.26. The van der Waals surface area contributed by atoms with Gasteiger partial charge in [0.15, 0.2) is 6.61 Å². The van der Waals surface area contributed by atoms with Crippen LogP contribution in [-0.4, -0.2) is 27.7 Å². The first kappa shape index (κ1) is 14.8. The van der Waals surface area contributed by atoms with E-state index in [9.17, 15) is 4.79 Å². The molecule has 3 aromatic heterocycles. The van der Waals surface area contributed by atoms with E-state index in [-0.39, 0.29) is 18.5 Å². The molecule has 3 rings (SSSR count). The number of ether oxygens (including phenoxy) is 1. The van der Waals surface area contributed by atoms with Crippen molar-refractivity contribution in [2.45, 2.75) is 13.8 Å². The van der Waals surface area contributed by atoms with Crippen molar-refractivity contribution in [3.05, 3.63) is 42.1 Å². The SMILES string of the molecule is Cc1cc(-c2nnc(NC(=O)COc3cccnc3)o2)c(C)o1. The molecule has 0 aromatic carbocycles. The zero-order chi connectivity index (χ0) is 16.2. The lowest BCUT2D eigenvalue weighted by molar-refractivity contribution is -0.118. The predicted octanol–water partition coefficient (Wildman–Crippen LogP) is 2.36. The number of nitrogens with zero attached hydrogens (tertiary/aromatic N) is 3. The molecular weight excluding hydrogens is 300 g/mol. The second-order valence-electron chi connectivity index (χ2n) is 4.76. The van der Waals surface area contributed by atoms with E-state index in [0.29, 0.717) is 17.1 Å². The van der Waals surface area contributed by atoms with Crippen molar-refractivity contribution >= 4 is 11.9 Å². The summed E-state index contributed by atoms with van der Waals surface area (Å²) >= 11 is 0. The van der Waals surface area contributed by atoms with Gasteiger partial charge in [0, 0.05) is 6.20 Å². The Labute approximate surface area is 131 Å². The molecule has 8 nitrogen and oxygen atoms in total. The molecule has 0 aliphatic carbocycles. The van der Waals surface area contributed by atoms with Gasteiger partial charge in [-0.05, 0) is 32.0 Å². The molecule has 23 heavy (non-hydrogen) atoms. The van der Waals surface area contributed by atoms with Gasteiger partial charge in [0.05, 0.1) is 11.8 Å². The molecule has 1 N–H and O–H groups in total. The van der Waals surface area contributed by atoms with Gasteiger partial charge in [-0.25, -0.2) is 0 Å². The van der Waals surface area contributed by atoms with Gasteiger partial charge >= 0.3 is 6.01 Å². The molecule has 0 aliphatic heterocycles. The number of pyridine rings is 1. The van der Waals surface area contributed by atoms with Gasteiger partial charge in [0.2, 0.25) is 0 Å². The number of nitrogens with one attached hydrogen (secondary N) is 1. The van der Waals surface area contributed by atoms with Crippen LogP contribution in [0.4, 0.5) is 6.01 Å². The Balaban J connectivity index is 1.60. The van der Waals surface area contributed by atoms with Gasteiger partial charge < -0.3 is 13.6 Å². The molecule has 8 heteroatoms. The first-order valence-corrected chi connectivity index (χ1v) is 6.85. The van der Waals surface area contributed by atoms with Gasteiger partial charge in [0.1, 0.15) is 17.3 Å². The number of rotatable bonds is 5. The molecule has 0 unspecified atom stereocenters. The number of hydrogen-bond acceptors (Lipinski definition) is 7. The van der Waals surface area contributed by atoms with Crippen molar-refractivity contribution in [3.63, 3.8) is 0 Å². The first-order valence-electron chi connectivity index (χ1n) is 6.85. The number of aryl methyl sites for hydroxylation is 2. The lowest BCUT2D eigenvalue weighted by Gasteiger charge is -2.03. The fourth-order valence-corrected chi connectivity index (χ4v) is 1.96. The van der Waals surface area contributed by atoms with Crippen LogP contribution in [0, 0.1) is 13.8 Å². The fourth-order valence-electron chi connectivity index (χ4n) is 1.96. The summed E-state index contributed by atoms with van der Waals surface area (Å²) in [5, 5.41) is 10.1. The Kier molecular flexibility index (Phi) is 4.05. The molecule has 0 atom stereocenters. The van der Waals surface area contributed by atoms with Gasteiger partial charge in [-0.1, -0.05) is 5.10 Å². The minimum Gasteiger partial charge on any atom is -0.482 e. The summed E-state index contributed by atoms with van der Waals surface area (Å²) in [7, 11) is 0. The average Bonchev–Trinajstić information content (AvgIpc) is 3.12. The quantitative estimate of drug-likeness (QED) is 0.771. The van der Waals surface area contributed by atoms with Crippen LogP contribution >= 0.6 is 0 Å². The second-order valence-corrected chi connectivity index (χ2v) is 4.76. The number of furan rings is 1. The highest BCUT2D eigenvalue weighted by Gasteiger charge is 2.16. The van der Waals surface area contributed by atoms with Crippen LogP contribution < -0.4 is 10.1 Å². The van der Waals surface area contributed by atoms with E-state index >= 15 is 0 Å². The molecule has 0 saturated carbocycles. The van der Waals surface area contributed by atoms with Crippen LogP contribution in [0.25, 0.3) is 11.5 Å². The van der Waals surface area contributed by atoms with Crippen molar-refractivity contribution in [1.29, 1.82) is 0 Å². The number of aromatic nitrogens is 3.